The van der Waals surface area contributed by atoms with Crippen molar-refractivity contribution in [3.63, 3.8) is 0 Å². The lowest BCUT2D eigenvalue weighted by Gasteiger charge is -2.54. The van der Waals surface area contributed by atoms with Crippen molar-refractivity contribution >= 4 is 16.7 Å². The maximum Gasteiger partial charge on any atom is 0.275 e. The molecular formula is C25H30N4O2. The first-order chi connectivity index (χ1) is 15.2. The Bertz CT molecular complexity index is 1110. The van der Waals surface area contributed by atoms with Gasteiger partial charge in [0.2, 0.25) is 5.91 Å². The third-order valence-electron chi connectivity index (χ3n) is 8.02. The molecule has 4 aliphatic rings. The number of carbonyl (C=O) groups is 1. The second-order valence-corrected chi connectivity index (χ2v) is 9.79. The molecule has 0 N–H and O–H groups in total. The summed E-state index contributed by atoms with van der Waals surface area (Å²) in [5.41, 5.74) is 1.29. The van der Waals surface area contributed by atoms with Crippen LogP contribution in [0.2, 0.25) is 0 Å². The van der Waals surface area contributed by atoms with E-state index < -0.39 is 0 Å². The maximum absolute atomic E-state index is 13.4. The van der Waals surface area contributed by atoms with E-state index in [-0.39, 0.29) is 24.1 Å². The van der Waals surface area contributed by atoms with E-state index in [9.17, 15) is 9.59 Å². The molecule has 4 heterocycles. The molecule has 4 atom stereocenters. The topological polar surface area (TPSA) is 58.4 Å². The summed E-state index contributed by atoms with van der Waals surface area (Å²) >= 11 is 0. The first-order valence-corrected chi connectivity index (χ1v) is 11.9. The summed E-state index contributed by atoms with van der Waals surface area (Å²) in [7, 11) is 0. The second kappa shape index (κ2) is 7.59. The Hall–Kier alpha value is -2.47. The van der Waals surface area contributed by atoms with Crippen molar-refractivity contribution in [3.8, 4) is 0 Å². The van der Waals surface area contributed by atoms with Crippen LogP contribution in [0.3, 0.4) is 0 Å². The van der Waals surface area contributed by atoms with Gasteiger partial charge in [0.15, 0.2) is 0 Å². The Morgan fingerprint density at radius 1 is 1.13 bits per heavy atom. The van der Waals surface area contributed by atoms with Crippen molar-refractivity contribution in [2.75, 3.05) is 19.6 Å². The lowest BCUT2D eigenvalue weighted by molar-refractivity contribution is -0.137. The number of aromatic nitrogens is 2. The molecule has 1 aromatic carbocycles. The number of hydrogen-bond acceptors (Lipinski definition) is 4. The molecule has 6 nitrogen and oxygen atoms in total. The lowest BCUT2D eigenvalue weighted by Crippen LogP contribution is -2.60. The van der Waals surface area contributed by atoms with Crippen LogP contribution in [-0.4, -0.2) is 57.2 Å². The molecule has 6 heteroatoms. The van der Waals surface area contributed by atoms with Gasteiger partial charge in [-0.2, -0.15) is 5.10 Å². The fourth-order valence-corrected chi connectivity index (χ4v) is 6.71. The predicted molar refractivity (Wildman–Crippen MR) is 120 cm³/mol. The average molecular weight is 419 g/mol. The van der Waals surface area contributed by atoms with Crippen LogP contribution >= 0.6 is 0 Å². The summed E-state index contributed by atoms with van der Waals surface area (Å²) in [5.74, 6) is 1.20. The van der Waals surface area contributed by atoms with Crippen molar-refractivity contribution in [1.29, 1.82) is 0 Å². The Morgan fingerprint density at radius 3 is 2.97 bits per heavy atom. The molecule has 3 saturated heterocycles. The first kappa shape index (κ1) is 19.2. The highest BCUT2D eigenvalue weighted by atomic mass is 16.2. The van der Waals surface area contributed by atoms with Crippen LogP contribution in [0.25, 0.3) is 10.8 Å². The molecule has 0 saturated carbocycles. The van der Waals surface area contributed by atoms with Gasteiger partial charge in [0.1, 0.15) is 6.54 Å². The Morgan fingerprint density at radius 2 is 2.03 bits per heavy atom. The molecule has 2 aromatic rings. The van der Waals surface area contributed by atoms with Crippen LogP contribution in [0.1, 0.15) is 38.5 Å². The first-order valence-electron chi connectivity index (χ1n) is 11.9. The summed E-state index contributed by atoms with van der Waals surface area (Å²) in [6, 6.07) is 8.36. The van der Waals surface area contributed by atoms with Gasteiger partial charge in [-0.3, -0.25) is 14.5 Å². The monoisotopic (exact) mass is 418 g/mol. The average Bonchev–Trinajstić information content (AvgIpc) is 2.81. The molecule has 31 heavy (non-hydrogen) atoms. The maximum atomic E-state index is 13.4. The van der Waals surface area contributed by atoms with Gasteiger partial charge in [0.25, 0.3) is 5.56 Å². The predicted octanol–water partition coefficient (Wildman–Crippen LogP) is 2.82. The van der Waals surface area contributed by atoms with Crippen molar-refractivity contribution < 1.29 is 4.79 Å². The third-order valence-corrected chi connectivity index (χ3v) is 8.02. The minimum atomic E-state index is -0.184. The van der Waals surface area contributed by atoms with Crippen LogP contribution < -0.4 is 5.56 Å². The molecule has 3 fully saturated rings. The number of nitrogens with zero attached hydrogens (tertiary/aromatic N) is 4. The van der Waals surface area contributed by atoms with Crippen LogP contribution in [0.4, 0.5) is 0 Å². The van der Waals surface area contributed by atoms with Gasteiger partial charge in [0, 0.05) is 24.5 Å². The summed E-state index contributed by atoms with van der Waals surface area (Å²) in [6.07, 6.45) is 11.5. The van der Waals surface area contributed by atoms with Crippen molar-refractivity contribution in [2.24, 2.45) is 11.8 Å². The number of amides is 1. The smallest absolute Gasteiger partial charge is 0.275 e. The summed E-state index contributed by atoms with van der Waals surface area (Å²) in [4.78, 5) is 31.1. The number of hydrogen-bond donors (Lipinski definition) is 0. The summed E-state index contributed by atoms with van der Waals surface area (Å²) < 4.78 is 1.34. The number of piperidine rings is 3. The zero-order valence-corrected chi connectivity index (χ0v) is 17.9. The van der Waals surface area contributed by atoms with Crippen molar-refractivity contribution in [2.45, 2.75) is 57.2 Å². The quantitative estimate of drug-likeness (QED) is 0.704. The highest BCUT2D eigenvalue weighted by Gasteiger charge is 2.46. The largest absolute Gasteiger partial charge is 0.334 e. The minimum Gasteiger partial charge on any atom is -0.334 e. The van der Waals surface area contributed by atoms with E-state index in [1.54, 1.807) is 12.3 Å². The van der Waals surface area contributed by atoms with Gasteiger partial charge in [-0.05, 0) is 56.6 Å². The van der Waals surface area contributed by atoms with Crippen molar-refractivity contribution in [3.05, 3.63) is 52.5 Å². The van der Waals surface area contributed by atoms with Gasteiger partial charge < -0.3 is 4.90 Å². The van der Waals surface area contributed by atoms with Crippen LogP contribution in [0.15, 0.2) is 46.9 Å². The molecular weight excluding hydrogens is 388 g/mol. The van der Waals surface area contributed by atoms with E-state index in [1.165, 1.54) is 42.5 Å². The molecule has 162 valence electrons. The number of carbonyl (C=O) groups excluding carboxylic acids is 1. The Kier molecular flexibility index (Phi) is 4.71. The fraction of sp³-hybridized carbons (Fsp3) is 0.560. The number of fused-ring (bicyclic) bond motifs is 7. The van der Waals surface area contributed by atoms with Crippen LogP contribution in [-0.2, 0) is 11.3 Å². The van der Waals surface area contributed by atoms with Gasteiger partial charge >= 0.3 is 0 Å². The van der Waals surface area contributed by atoms with E-state index >= 15 is 0 Å². The van der Waals surface area contributed by atoms with Crippen LogP contribution in [0, 0.1) is 11.8 Å². The Balaban J connectivity index is 1.28. The molecule has 0 spiro atoms. The number of benzene rings is 1. The van der Waals surface area contributed by atoms with Gasteiger partial charge in [-0.15, -0.1) is 0 Å². The van der Waals surface area contributed by atoms with Gasteiger partial charge in [0.05, 0.1) is 17.6 Å². The summed E-state index contributed by atoms with van der Waals surface area (Å²) in [5, 5.41) is 5.73. The van der Waals surface area contributed by atoms with E-state index in [4.69, 9.17) is 0 Å². The van der Waals surface area contributed by atoms with E-state index in [0.717, 1.165) is 31.3 Å². The van der Waals surface area contributed by atoms with Gasteiger partial charge in [-0.25, -0.2) is 4.68 Å². The molecule has 1 aliphatic carbocycles. The normalized spacial score (nSPS) is 30.5. The molecule has 3 aliphatic heterocycles. The zero-order chi connectivity index (χ0) is 20.9. The van der Waals surface area contributed by atoms with Gasteiger partial charge in [-0.1, -0.05) is 36.3 Å². The highest BCUT2D eigenvalue weighted by molar-refractivity contribution is 5.81. The number of rotatable bonds is 2. The number of likely N-dealkylation sites (tertiary alicyclic amines) is 1. The molecule has 4 unspecified atom stereocenters. The third kappa shape index (κ3) is 3.23. The minimum absolute atomic E-state index is 0.0237. The van der Waals surface area contributed by atoms with E-state index in [1.807, 2.05) is 18.2 Å². The summed E-state index contributed by atoms with van der Waals surface area (Å²) in [6.45, 7) is 3.13. The van der Waals surface area contributed by atoms with E-state index in [0.29, 0.717) is 23.3 Å². The van der Waals surface area contributed by atoms with Crippen LogP contribution in [0.5, 0.6) is 0 Å². The zero-order valence-electron chi connectivity index (χ0n) is 17.9. The second-order valence-electron chi connectivity index (χ2n) is 9.79. The van der Waals surface area contributed by atoms with E-state index in [2.05, 4.69) is 21.0 Å². The SMILES string of the molecule is O=C(Cn1ncc2ccccc2c1=O)N1CCCC2=CC3CC(CN4CCCCC34)C21. The van der Waals surface area contributed by atoms with Crippen molar-refractivity contribution in [1.82, 2.24) is 19.6 Å². The Labute approximate surface area is 182 Å². The molecule has 1 aromatic heterocycles. The lowest BCUT2D eigenvalue weighted by atomic mass is 9.68. The molecule has 2 bridgehead atoms. The molecule has 6 rings (SSSR count). The highest BCUT2D eigenvalue weighted by Crippen LogP contribution is 2.45. The fourth-order valence-electron chi connectivity index (χ4n) is 6.71. The standard InChI is InChI=1S/C25H30N4O2/c30-23(16-29-25(31)21-8-2-1-6-18(21)14-26-29)28-11-5-7-17-12-19-13-20(24(17)28)15-27-10-4-3-9-22(19)27/h1-2,6,8,12,14,19-20,22,24H,3-5,7,9-11,13,15-16H2. The molecule has 1 amide bonds. The molecule has 0 radical (unpaired) electrons.